The van der Waals surface area contributed by atoms with Gasteiger partial charge in [0.1, 0.15) is 0 Å². The van der Waals surface area contributed by atoms with E-state index in [1.807, 2.05) is 0 Å². The van der Waals surface area contributed by atoms with Crippen LogP contribution >= 0.6 is 0 Å². The predicted octanol–water partition coefficient (Wildman–Crippen LogP) is 1.26. The quantitative estimate of drug-likeness (QED) is 0.679. The zero-order valence-electron chi connectivity index (χ0n) is 10.0. The van der Waals surface area contributed by atoms with Crippen molar-refractivity contribution in [3.05, 3.63) is 39.5 Å². The summed E-state index contributed by atoms with van der Waals surface area (Å²) in [5.74, 6) is 0. The Morgan fingerprint density at radius 1 is 0.933 bits per heavy atom. The van der Waals surface area contributed by atoms with Gasteiger partial charge in [0.05, 0.1) is 0 Å². The van der Waals surface area contributed by atoms with E-state index in [0.717, 1.165) is 39.3 Å². The minimum absolute atomic E-state index is 0.792. The van der Waals surface area contributed by atoms with Gasteiger partial charge in [-0.2, -0.15) is 0 Å². The number of hydrogen-bond donors (Lipinski definition) is 2. The molecule has 1 aliphatic rings. The average Bonchev–Trinajstić information content (AvgIpc) is 2.38. The highest BCUT2D eigenvalue weighted by atomic mass is 15.2. The third-order valence-electron chi connectivity index (χ3n) is 1.65. The van der Waals surface area contributed by atoms with Crippen LogP contribution in [-0.4, -0.2) is 44.2 Å². The molecule has 0 aliphatic carbocycles. The smallest absolute Gasteiger partial charge is 0.0108 e. The predicted molar refractivity (Wildman–Crippen MR) is 72.1 cm³/mol. The summed E-state index contributed by atoms with van der Waals surface area (Å²) >= 11 is 0. The second kappa shape index (κ2) is 23.2. The van der Waals surface area contributed by atoms with Gasteiger partial charge >= 0.3 is 0 Å². The van der Waals surface area contributed by atoms with E-state index in [-0.39, 0.29) is 0 Å². The molecule has 0 aromatic heterocycles. The first-order chi connectivity index (χ1) is 7.43. The van der Waals surface area contributed by atoms with Gasteiger partial charge in [0.2, 0.25) is 0 Å². The molecule has 1 heterocycles. The van der Waals surface area contributed by atoms with Crippen molar-refractivity contribution in [1.82, 2.24) is 10.2 Å². The lowest BCUT2D eigenvalue weighted by Gasteiger charge is -2.26. The van der Waals surface area contributed by atoms with Crippen LogP contribution in [0.25, 0.3) is 0 Å². The van der Waals surface area contributed by atoms with Crippen LogP contribution < -0.4 is 11.1 Å². The second-order valence-electron chi connectivity index (χ2n) is 2.38. The molecule has 3 N–H and O–H groups in total. The molecule has 0 atom stereocenters. The van der Waals surface area contributed by atoms with E-state index < -0.39 is 0 Å². The monoisotopic (exact) mass is 213 g/mol. The van der Waals surface area contributed by atoms with Gasteiger partial charge < -0.3 is 11.1 Å². The zero-order valence-corrected chi connectivity index (χ0v) is 10.0. The topological polar surface area (TPSA) is 41.3 Å². The fraction of sp³-hybridized carbons (Fsp3) is 0.500. The second-order valence-corrected chi connectivity index (χ2v) is 2.38. The molecular weight excluding hydrogens is 186 g/mol. The van der Waals surface area contributed by atoms with Crippen molar-refractivity contribution < 1.29 is 0 Å². The molecule has 0 bridgehead atoms. The van der Waals surface area contributed by atoms with Crippen LogP contribution in [0, 0.1) is 0 Å². The Bertz CT molecular complexity index is 93.5. The molecule has 3 heteroatoms. The lowest BCUT2D eigenvalue weighted by atomic mass is 10.3. The lowest BCUT2D eigenvalue weighted by molar-refractivity contribution is 0.247. The molecule has 1 fully saturated rings. The molecular formula is C12H27N3. The summed E-state index contributed by atoms with van der Waals surface area (Å²) in [5, 5.41) is 3.29. The molecule has 15 heavy (non-hydrogen) atoms. The summed E-state index contributed by atoms with van der Waals surface area (Å²) < 4.78 is 0. The van der Waals surface area contributed by atoms with Crippen molar-refractivity contribution in [2.24, 2.45) is 5.73 Å². The summed E-state index contributed by atoms with van der Waals surface area (Å²) in [4.78, 5) is 2.39. The van der Waals surface area contributed by atoms with Crippen molar-refractivity contribution in [3.8, 4) is 0 Å². The van der Waals surface area contributed by atoms with Gasteiger partial charge in [-0.1, -0.05) is 0 Å². The molecule has 0 radical (unpaired) electrons. The molecule has 1 aliphatic heterocycles. The van der Waals surface area contributed by atoms with Crippen LogP contribution in [0.15, 0.2) is 39.5 Å². The number of nitrogens with one attached hydrogen (secondary N) is 1. The first-order valence-corrected chi connectivity index (χ1v) is 5.06. The van der Waals surface area contributed by atoms with Gasteiger partial charge in [0.15, 0.2) is 0 Å². The fourth-order valence-corrected chi connectivity index (χ4v) is 1.12. The van der Waals surface area contributed by atoms with E-state index in [4.69, 9.17) is 5.73 Å². The van der Waals surface area contributed by atoms with E-state index in [2.05, 4.69) is 49.7 Å². The van der Waals surface area contributed by atoms with Crippen molar-refractivity contribution in [1.29, 1.82) is 0 Å². The van der Waals surface area contributed by atoms with Crippen LogP contribution in [0.1, 0.15) is 0 Å². The Morgan fingerprint density at radius 2 is 1.33 bits per heavy atom. The van der Waals surface area contributed by atoms with Gasteiger partial charge in [-0.25, -0.2) is 0 Å². The van der Waals surface area contributed by atoms with Crippen LogP contribution in [0.2, 0.25) is 0 Å². The largest absolute Gasteiger partial charge is 0.329 e. The number of nitrogens with zero attached hydrogens (tertiary/aromatic N) is 1. The van der Waals surface area contributed by atoms with E-state index in [1.165, 1.54) is 0 Å². The molecule has 0 aromatic carbocycles. The van der Waals surface area contributed by atoms with Gasteiger partial charge in [-0.05, 0) is 0 Å². The van der Waals surface area contributed by atoms with E-state index in [9.17, 15) is 0 Å². The SMILES string of the molecule is C=C.C=C.C=C.NCCN1CCNCC1. The molecule has 0 unspecified atom stereocenters. The first kappa shape index (κ1) is 19.6. The van der Waals surface area contributed by atoms with Crippen molar-refractivity contribution in [2.75, 3.05) is 39.3 Å². The Morgan fingerprint density at radius 3 is 1.67 bits per heavy atom. The van der Waals surface area contributed by atoms with Crippen molar-refractivity contribution >= 4 is 0 Å². The number of piperazine rings is 1. The number of hydrogen-bond acceptors (Lipinski definition) is 3. The maximum atomic E-state index is 5.40. The number of nitrogens with two attached hydrogens (primary N) is 1. The third-order valence-corrected chi connectivity index (χ3v) is 1.65. The Labute approximate surface area is 95.3 Å². The highest BCUT2D eigenvalue weighted by molar-refractivity contribution is 4.66. The summed E-state index contributed by atoms with van der Waals surface area (Å²) in [6.45, 7) is 24.4. The van der Waals surface area contributed by atoms with Crippen LogP contribution in [0.3, 0.4) is 0 Å². The average molecular weight is 213 g/mol. The van der Waals surface area contributed by atoms with Crippen LogP contribution in [-0.2, 0) is 0 Å². The third kappa shape index (κ3) is 15.8. The molecule has 0 spiro atoms. The molecule has 0 saturated carbocycles. The van der Waals surface area contributed by atoms with E-state index in [0.29, 0.717) is 0 Å². The van der Waals surface area contributed by atoms with Crippen molar-refractivity contribution in [2.45, 2.75) is 0 Å². The molecule has 90 valence electrons. The molecule has 0 aromatic rings. The van der Waals surface area contributed by atoms with E-state index >= 15 is 0 Å². The highest BCUT2D eigenvalue weighted by Crippen LogP contribution is 1.88. The van der Waals surface area contributed by atoms with Gasteiger partial charge in [0.25, 0.3) is 0 Å². The Hall–Kier alpha value is -0.900. The van der Waals surface area contributed by atoms with E-state index in [1.54, 1.807) is 0 Å². The summed E-state index contributed by atoms with van der Waals surface area (Å²) in [5.41, 5.74) is 5.40. The molecule has 0 amide bonds. The highest BCUT2D eigenvalue weighted by Gasteiger charge is 2.06. The maximum absolute atomic E-state index is 5.40. The maximum Gasteiger partial charge on any atom is 0.0108 e. The minimum Gasteiger partial charge on any atom is -0.329 e. The lowest BCUT2D eigenvalue weighted by Crippen LogP contribution is -2.45. The first-order valence-electron chi connectivity index (χ1n) is 5.06. The Balaban J connectivity index is -0.000000208. The summed E-state index contributed by atoms with van der Waals surface area (Å²) in [7, 11) is 0. The fourth-order valence-electron chi connectivity index (χ4n) is 1.12. The molecule has 1 saturated heterocycles. The minimum atomic E-state index is 0.792. The van der Waals surface area contributed by atoms with Crippen LogP contribution in [0.5, 0.6) is 0 Å². The van der Waals surface area contributed by atoms with Gasteiger partial charge in [0, 0.05) is 39.3 Å². The molecule has 3 nitrogen and oxygen atoms in total. The van der Waals surface area contributed by atoms with Gasteiger partial charge in [-0.15, -0.1) is 39.5 Å². The normalized spacial score (nSPS) is 14.2. The standard InChI is InChI=1S/C6H15N3.3C2H4/c7-1-4-9-5-2-8-3-6-9;3*1-2/h8H,1-7H2;3*1-2H2. The zero-order chi connectivity index (χ0) is 12.5. The number of rotatable bonds is 2. The molecule has 1 rings (SSSR count). The summed E-state index contributed by atoms with van der Waals surface area (Å²) in [6.07, 6.45) is 0. The van der Waals surface area contributed by atoms with Crippen molar-refractivity contribution in [3.63, 3.8) is 0 Å². The summed E-state index contributed by atoms with van der Waals surface area (Å²) in [6, 6.07) is 0. The Kier molecular flexibility index (Phi) is 30.3. The van der Waals surface area contributed by atoms with Gasteiger partial charge in [-0.3, -0.25) is 4.90 Å². The van der Waals surface area contributed by atoms with Crippen LogP contribution in [0.4, 0.5) is 0 Å².